The van der Waals surface area contributed by atoms with E-state index in [0.717, 1.165) is 0 Å². The summed E-state index contributed by atoms with van der Waals surface area (Å²) >= 11 is 0. The first kappa shape index (κ1) is 20.1. The highest BCUT2D eigenvalue weighted by Crippen LogP contribution is 2.19. The zero-order valence-corrected chi connectivity index (χ0v) is 13.9. The van der Waals surface area contributed by atoms with Crippen molar-refractivity contribution < 1.29 is 23.5 Å². The number of Topliss-reactive ketones (excluding diaryl/α,β-unsaturated/α-hetero) is 1. The second-order valence-corrected chi connectivity index (χ2v) is 5.10. The second kappa shape index (κ2) is 10.8. The number of esters is 1. The van der Waals surface area contributed by atoms with Gasteiger partial charge in [-0.25, -0.2) is 4.39 Å². The Morgan fingerprint density at radius 2 is 1.77 bits per heavy atom. The average molecular weight is 312 g/mol. The number of carbonyl (C=O) groups excluding carboxylic acids is 2. The van der Waals surface area contributed by atoms with Crippen molar-refractivity contribution in [3.05, 3.63) is 35.4 Å². The first-order chi connectivity index (χ1) is 10.3. The van der Waals surface area contributed by atoms with Crippen LogP contribution in [0.15, 0.2) is 35.4 Å². The van der Waals surface area contributed by atoms with Crippen LogP contribution in [0, 0.1) is 5.92 Å². The molecule has 1 atom stereocenters. The van der Waals surface area contributed by atoms with E-state index in [4.69, 9.17) is 4.74 Å². The molecule has 0 N–H and O–H groups in total. The Morgan fingerprint density at radius 3 is 2.27 bits per heavy atom. The van der Waals surface area contributed by atoms with Gasteiger partial charge in [-0.1, -0.05) is 19.1 Å². The number of allylic oxidation sites excluding steroid dienone is 6. The van der Waals surface area contributed by atoms with Gasteiger partial charge in [-0.3, -0.25) is 9.59 Å². The number of halogens is 1. The average Bonchev–Trinajstić information content (AvgIpc) is 2.49. The van der Waals surface area contributed by atoms with Crippen LogP contribution in [-0.2, 0) is 19.1 Å². The summed E-state index contributed by atoms with van der Waals surface area (Å²) in [4.78, 5) is 23.5. The molecule has 0 saturated heterocycles. The van der Waals surface area contributed by atoms with Crippen LogP contribution < -0.4 is 0 Å². The van der Waals surface area contributed by atoms with Gasteiger partial charge in [0.05, 0.1) is 20.0 Å². The summed E-state index contributed by atoms with van der Waals surface area (Å²) in [6, 6.07) is 0. The Bertz CT molecular complexity index is 475. The number of methoxy groups -OCH3 is 2. The lowest BCUT2D eigenvalue weighted by Gasteiger charge is -2.11. The van der Waals surface area contributed by atoms with Crippen molar-refractivity contribution in [3.8, 4) is 0 Å². The lowest BCUT2D eigenvalue weighted by molar-refractivity contribution is -0.141. The molecule has 0 radical (unpaired) electrons. The second-order valence-electron chi connectivity index (χ2n) is 5.10. The number of hydrogen-bond donors (Lipinski definition) is 0. The summed E-state index contributed by atoms with van der Waals surface area (Å²) in [7, 11) is 2.83. The summed E-state index contributed by atoms with van der Waals surface area (Å²) in [5.74, 6) is -0.462. The van der Waals surface area contributed by atoms with E-state index in [-0.39, 0.29) is 42.8 Å². The molecule has 0 spiro atoms. The Morgan fingerprint density at radius 1 is 1.14 bits per heavy atom. The highest BCUT2D eigenvalue weighted by Gasteiger charge is 2.17. The molecular weight excluding hydrogens is 287 g/mol. The summed E-state index contributed by atoms with van der Waals surface area (Å²) < 4.78 is 23.1. The van der Waals surface area contributed by atoms with Crippen molar-refractivity contribution in [2.75, 3.05) is 14.2 Å². The molecule has 0 saturated carbocycles. The molecule has 0 bridgehead atoms. The van der Waals surface area contributed by atoms with Crippen molar-refractivity contribution in [2.45, 2.75) is 40.0 Å². The molecular formula is C17H25FO4. The monoisotopic (exact) mass is 312 g/mol. The lowest BCUT2D eigenvalue weighted by atomic mass is 9.95. The van der Waals surface area contributed by atoms with E-state index >= 15 is 0 Å². The van der Waals surface area contributed by atoms with E-state index in [9.17, 15) is 14.0 Å². The fourth-order valence-electron chi connectivity index (χ4n) is 1.71. The van der Waals surface area contributed by atoms with Crippen LogP contribution in [0.3, 0.4) is 0 Å². The number of rotatable bonds is 9. The van der Waals surface area contributed by atoms with E-state index in [1.54, 1.807) is 32.9 Å². The number of ketones is 1. The lowest BCUT2D eigenvalue weighted by Crippen LogP contribution is -2.13. The molecule has 1 unspecified atom stereocenters. The predicted molar refractivity (Wildman–Crippen MR) is 83.8 cm³/mol. The number of carbonyl (C=O) groups is 2. The number of hydrogen-bond acceptors (Lipinski definition) is 4. The molecule has 22 heavy (non-hydrogen) atoms. The van der Waals surface area contributed by atoms with Crippen LogP contribution in [0.25, 0.3) is 0 Å². The van der Waals surface area contributed by atoms with Crippen LogP contribution in [0.4, 0.5) is 4.39 Å². The first-order valence-corrected chi connectivity index (χ1v) is 7.16. The molecule has 0 aliphatic carbocycles. The largest absolute Gasteiger partial charge is 0.501 e. The van der Waals surface area contributed by atoms with E-state index in [1.165, 1.54) is 20.3 Å². The summed E-state index contributed by atoms with van der Waals surface area (Å²) in [6.07, 6.45) is 4.78. The van der Waals surface area contributed by atoms with Crippen molar-refractivity contribution in [2.24, 2.45) is 5.92 Å². The van der Waals surface area contributed by atoms with E-state index < -0.39 is 0 Å². The van der Waals surface area contributed by atoms with Gasteiger partial charge < -0.3 is 9.47 Å². The molecule has 0 amide bonds. The smallest absolute Gasteiger partial charge is 0.305 e. The number of ether oxygens (including phenoxy) is 2. The Labute approximate surface area is 131 Å². The zero-order chi connectivity index (χ0) is 17.1. The van der Waals surface area contributed by atoms with Crippen LogP contribution in [0.2, 0.25) is 0 Å². The molecule has 0 fully saturated rings. The molecule has 0 aromatic heterocycles. The molecule has 4 nitrogen and oxygen atoms in total. The Hall–Kier alpha value is -1.91. The Kier molecular flexibility index (Phi) is 9.83. The standard InChI is InChI=1S/C17H25FO4/c1-6-15(18)11-14(8-7-13(3)21-4)16(19)9-12(2)10-17(20)22-5/h6-8,12H,9-11H2,1-5H3/b13-7+,14-8+,15-6-. The van der Waals surface area contributed by atoms with E-state index in [2.05, 4.69) is 4.74 Å². The van der Waals surface area contributed by atoms with Gasteiger partial charge in [0.1, 0.15) is 5.83 Å². The zero-order valence-electron chi connectivity index (χ0n) is 13.9. The van der Waals surface area contributed by atoms with Gasteiger partial charge in [0.15, 0.2) is 5.78 Å². The van der Waals surface area contributed by atoms with Crippen molar-refractivity contribution in [3.63, 3.8) is 0 Å². The quantitative estimate of drug-likeness (QED) is 0.280. The Balaban J connectivity index is 5.01. The highest BCUT2D eigenvalue weighted by molar-refractivity contribution is 5.96. The fourth-order valence-corrected chi connectivity index (χ4v) is 1.71. The van der Waals surface area contributed by atoms with Gasteiger partial charge in [0.2, 0.25) is 0 Å². The van der Waals surface area contributed by atoms with Crippen LogP contribution in [-0.4, -0.2) is 26.0 Å². The maximum absolute atomic E-state index is 13.5. The van der Waals surface area contributed by atoms with Crippen LogP contribution in [0.1, 0.15) is 40.0 Å². The van der Waals surface area contributed by atoms with Gasteiger partial charge in [0.25, 0.3) is 0 Å². The van der Waals surface area contributed by atoms with Crippen LogP contribution in [0.5, 0.6) is 0 Å². The van der Waals surface area contributed by atoms with E-state index in [0.29, 0.717) is 11.3 Å². The fraction of sp³-hybridized carbons (Fsp3) is 0.529. The highest BCUT2D eigenvalue weighted by atomic mass is 19.1. The molecule has 0 aromatic rings. The molecule has 0 aliphatic rings. The normalized spacial score (nSPS) is 14.5. The topological polar surface area (TPSA) is 52.6 Å². The third-order valence-corrected chi connectivity index (χ3v) is 3.15. The molecule has 0 aliphatic heterocycles. The van der Waals surface area contributed by atoms with Gasteiger partial charge in [-0.2, -0.15) is 0 Å². The minimum Gasteiger partial charge on any atom is -0.501 e. The minimum atomic E-state index is -0.372. The van der Waals surface area contributed by atoms with Gasteiger partial charge in [-0.15, -0.1) is 0 Å². The SMILES string of the molecule is C/C=C(\F)C/C(=C\C=C(/C)OC)C(=O)CC(C)CC(=O)OC. The maximum atomic E-state index is 13.5. The minimum absolute atomic E-state index is 0.0617. The van der Waals surface area contributed by atoms with Gasteiger partial charge in [-0.05, 0) is 25.8 Å². The van der Waals surface area contributed by atoms with Crippen molar-refractivity contribution >= 4 is 11.8 Å². The molecule has 5 heteroatoms. The van der Waals surface area contributed by atoms with Crippen LogP contribution >= 0.6 is 0 Å². The van der Waals surface area contributed by atoms with Crippen molar-refractivity contribution in [1.29, 1.82) is 0 Å². The summed E-state index contributed by atoms with van der Waals surface area (Å²) in [6.45, 7) is 5.10. The van der Waals surface area contributed by atoms with Crippen molar-refractivity contribution in [1.82, 2.24) is 0 Å². The van der Waals surface area contributed by atoms with Gasteiger partial charge in [0, 0.05) is 24.8 Å². The molecule has 0 rings (SSSR count). The molecule has 0 heterocycles. The maximum Gasteiger partial charge on any atom is 0.305 e. The summed E-state index contributed by atoms with van der Waals surface area (Å²) in [5.41, 5.74) is 0.351. The molecule has 124 valence electrons. The molecule has 0 aromatic carbocycles. The predicted octanol–water partition coefficient (Wildman–Crippen LogP) is 3.88. The first-order valence-electron chi connectivity index (χ1n) is 7.16. The van der Waals surface area contributed by atoms with E-state index in [1.807, 2.05) is 0 Å². The summed E-state index contributed by atoms with van der Waals surface area (Å²) in [5, 5.41) is 0. The van der Waals surface area contributed by atoms with Gasteiger partial charge >= 0.3 is 5.97 Å². The third kappa shape index (κ3) is 8.39. The third-order valence-electron chi connectivity index (χ3n) is 3.15.